The van der Waals surface area contributed by atoms with Gasteiger partial charge in [0, 0.05) is 13.0 Å². The van der Waals surface area contributed by atoms with Crippen molar-refractivity contribution < 1.29 is 19.1 Å². The Kier molecular flexibility index (Phi) is 6.28. The summed E-state index contributed by atoms with van der Waals surface area (Å²) >= 11 is 0. The molecule has 2 N–H and O–H groups in total. The van der Waals surface area contributed by atoms with Crippen molar-refractivity contribution in [2.24, 2.45) is 0 Å². The first kappa shape index (κ1) is 18.6. The van der Waals surface area contributed by atoms with Crippen LogP contribution in [-0.2, 0) is 4.79 Å². The molecule has 0 heterocycles. The van der Waals surface area contributed by atoms with Gasteiger partial charge in [-0.3, -0.25) is 9.59 Å². The van der Waals surface area contributed by atoms with E-state index in [0.717, 1.165) is 16.7 Å². The fourth-order valence-corrected chi connectivity index (χ4v) is 2.50. The van der Waals surface area contributed by atoms with Crippen LogP contribution in [0.5, 0.6) is 0 Å². The van der Waals surface area contributed by atoms with Crippen LogP contribution in [0.2, 0.25) is 0 Å². The SMILES string of the molecule is Cc1ccc(-c2ccc(C(=O)NCCCCC(=O)O)c(F)c2)cc1C. The van der Waals surface area contributed by atoms with Gasteiger partial charge in [0.1, 0.15) is 5.82 Å². The summed E-state index contributed by atoms with van der Waals surface area (Å²) in [4.78, 5) is 22.5. The number of halogens is 1. The summed E-state index contributed by atoms with van der Waals surface area (Å²) in [7, 11) is 0. The van der Waals surface area contributed by atoms with Crippen LogP contribution in [0, 0.1) is 19.7 Å². The van der Waals surface area contributed by atoms with E-state index in [0.29, 0.717) is 19.4 Å². The smallest absolute Gasteiger partial charge is 0.303 e. The number of amides is 1. The van der Waals surface area contributed by atoms with Crippen LogP contribution < -0.4 is 5.32 Å². The normalized spacial score (nSPS) is 10.5. The van der Waals surface area contributed by atoms with Gasteiger partial charge in [-0.1, -0.05) is 24.3 Å². The molecule has 2 rings (SSSR count). The van der Waals surface area contributed by atoms with E-state index in [1.165, 1.54) is 17.7 Å². The highest BCUT2D eigenvalue weighted by atomic mass is 19.1. The molecule has 0 aliphatic heterocycles. The van der Waals surface area contributed by atoms with Crippen molar-refractivity contribution in [1.29, 1.82) is 0 Å². The second kappa shape index (κ2) is 8.42. The van der Waals surface area contributed by atoms with Crippen LogP contribution in [-0.4, -0.2) is 23.5 Å². The molecule has 2 aromatic rings. The highest BCUT2D eigenvalue weighted by molar-refractivity contribution is 5.95. The third kappa shape index (κ3) is 5.14. The zero-order valence-corrected chi connectivity index (χ0v) is 14.4. The molecule has 0 saturated carbocycles. The Hall–Kier alpha value is -2.69. The second-order valence-electron chi connectivity index (χ2n) is 6.10. The molecule has 0 radical (unpaired) electrons. The molecule has 0 fully saturated rings. The minimum absolute atomic E-state index is 0.00850. The van der Waals surface area contributed by atoms with Crippen molar-refractivity contribution in [2.75, 3.05) is 6.54 Å². The molecule has 5 heteroatoms. The lowest BCUT2D eigenvalue weighted by Crippen LogP contribution is -2.25. The number of hydrogen-bond donors (Lipinski definition) is 2. The molecular weight excluding hydrogens is 321 g/mol. The fourth-order valence-electron chi connectivity index (χ4n) is 2.50. The molecule has 0 unspecified atom stereocenters. The fraction of sp³-hybridized carbons (Fsp3) is 0.300. The van der Waals surface area contributed by atoms with Gasteiger partial charge in [-0.15, -0.1) is 0 Å². The average Bonchev–Trinajstić information content (AvgIpc) is 2.56. The number of unbranched alkanes of at least 4 members (excludes halogenated alkanes) is 1. The summed E-state index contributed by atoms with van der Waals surface area (Å²) in [6, 6.07) is 10.5. The van der Waals surface area contributed by atoms with Crippen molar-refractivity contribution in [2.45, 2.75) is 33.1 Å². The molecule has 0 spiro atoms. The third-order valence-corrected chi connectivity index (χ3v) is 4.16. The minimum Gasteiger partial charge on any atom is -0.481 e. The predicted octanol–water partition coefficient (Wildman–Crippen LogP) is 4.09. The molecular formula is C20H22FNO3. The number of nitrogens with one attached hydrogen (secondary N) is 1. The molecule has 0 bridgehead atoms. The van der Waals surface area contributed by atoms with Gasteiger partial charge in [-0.05, 0) is 61.1 Å². The lowest BCUT2D eigenvalue weighted by atomic mass is 9.99. The van der Waals surface area contributed by atoms with Crippen LogP contribution in [0.3, 0.4) is 0 Å². The number of aryl methyl sites for hydroxylation is 2. The topological polar surface area (TPSA) is 66.4 Å². The van der Waals surface area contributed by atoms with Crippen molar-refractivity contribution in [1.82, 2.24) is 5.32 Å². The van der Waals surface area contributed by atoms with Crippen LogP contribution in [0.4, 0.5) is 4.39 Å². The number of hydrogen-bond acceptors (Lipinski definition) is 2. The van der Waals surface area contributed by atoms with E-state index in [9.17, 15) is 14.0 Å². The van der Waals surface area contributed by atoms with Crippen molar-refractivity contribution in [3.05, 3.63) is 58.9 Å². The summed E-state index contributed by atoms with van der Waals surface area (Å²) in [5, 5.41) is 11.2. The molecule has 0 aliphatic carbocycles. The molecule has 0 saturated heterocycles. The maximum absolute atomic E-state index is 14.3. The molecule has 0 aromatic heterocycles. The maximum atomic E-state index is 14.3. The van der Waals surface area contributed by atoms with Gasteiger partial charge >= 0.3 is 5.97 Å². The largest absolute Gasteiger partial charge is 0.481 e. The first-order chi connectivity index (χ1) is 11.9. The van der Waals surface area contributed by atoms with E-state index in [-0.39, 0.29) is 12.0 Å². The Morgan fingerprint density at radius 3 is 2.32 bits per heavy atom. The first-order valence-corrected chi connectivity index (χ1v) is 8.25. The lowest BCUT2D eigenvalue weighted by Gasteiger charge is -2.09. The van der Waals surface area contributed by atoms with E-state index in [2.05, 4.69) is 5.32 Å². The van der Waals surface area contributed by atoms with Gasteiger partial charge in [0.2, 0.25) is 0 Å². The Morgan fingerprint density at radius 2 is 1.68 bits per heavy atom. The van der Waals surface area contributed by atoms with Crippen LogP contribution in [0.25, 0.3) is 11.1 Å². The van der Waals surface area contributed by atoms with Gasteiger partial charge in [0.25, 0.3) is 5.91 Å². The molecule has 0 aliphatic rings. The van der Waals surface area contributed by atoms with Crippen molar-refractivity contribution in [3.63, 3.8) is 0 Å². The summed E-state index contributed by atoms with van der Waals surface area (Å²) in [6.45, 7) is 4.34. The van der Waals surface area contributed by atoms with Gasteiger partial charge in [0.15, 0.2) is 0 Å². The number of rotatable bonds is 7. The maximum Gasteiger partial charge on any atom is 0.303 e. The Balaban J connectivity index is 2.02. The monoisotopic (exact) mass is 343 g/mol. The van der Waals surface area contributed by atoms with Crippen LogP contribution >= 0.6 is 0 Å². The first-order valence-electron chi connectivity index (χ1n) is 8.25. The summed E-state index contributed by atoms with van der Waals surface area (Å²) in [5.74, 6) is -1.92. The van der Waals surface area contributed by atoms with Crippen molar-refractivity contribution >= 4 is 11.9 Å². The lowest BCUT2D eigenvalue weighted by molar-refractivity contribution is -0.137. The molecule has 2 aromatic carbocycles. The quantitative estimate of drug-likeness (QED) is 0.744. The summed E-state index contributed by atoms with van der Waals surface area (Å²) in [5.41, 5.74) is 3.91. The van der Waals surface area contributed by atoms with E-state index in [4.69, 9.17) is 5.11 Å². The zero-order chi connectivity index (χ0) is 18.4. The van der Waals surface area contributed by atoms with Gasteiger partial charge < -0.3 is 10.4 Å². The molecule has 132 valence electrons. The Bertz CT molecular complexity index is 787. The molecule has 25 heavy (non-hydrogen) atoms. The standard InChI is InChI=1S/C20H22FNO3/c1-13-6-7-15(11-14(13)2)16-8-9-17(18(21)12-16)20(25)22-10-4-3-5-19(23)24/h6-9,11-12H,3-5,10H2,1-2H3,(H,22,25)(H,23,24). The highest BCUT2D eigenvalue weighted by Crippen LogP contribution is 2.24. The average molecular weight is 343 g/mol. The minimum atomic E-state index is -0.862. The zero-order valence-electron chi connectivity index (χ0n) is 14.4. The number of aliphatic carboxylic acids is 1. The van der Waals surface area contributed by atoms with Gasteiger partial charge in [0.05, 0.1) is 5.56 Å². The molecule has 4 nitrogen and oxygen atoms in total. The van der Waals surface area contributed by atoms with E-state index < -0.39 is 17.7 Å². The third-order valence-electron chi connectivity index (χ3n) is 4.16. The molecule has 0 atom stereocenters. The number of benzene rings is 2. The Morgan fingerprint density at radius 1 is 1.00 bits per heavy atom. The number of carbonyl (C=O) groups is 2. The number of carboxylic acid groups (broad SMARTS) is 1. The predicted molar refractivity (Wildman–Crippen MR) is 95.1 cm³/mol. The van der Waals surface area contributed by atoms with Crippen LogP contribution in [0.15, 0.2) is 36.4 Å². The number of carboxylic acids is 1. The van der Waals surface area contributed by atoms with E-state index in [1.807, 2.05) is 32.0 Å². The van der Waals surface area contributed by atoms with Crippen molar-refractivity contribution in [3.8, 4) is 11.1 Å². The van der Waals surface area contributed by atoms with Crippen LogP contribution in [0.1, 0.15) is 40.7 Å². The van der Waals surface area contributed by atoms with E-state index >= 15 is 0 Å². The number of carbonyl (C=O) groups excluding carboxylic acids is 1. The highest BCUT2D eigenvalue weighted by Gasteiger charge is 2.12. The summed E-state index contributed by atoms with van der Waals surface area (Å²) in [6.07, 6.45) is 1.08. The van der Waals surface area contributed by atoms with Gasteiger partial charge in [-0.25, -0.2) is 4.39 Å². The van der Waals surface area contributed by atoms with E-state index in [1.54, 1.807) is 6.07 Å². The Labute approximate surface area is 146 Å². The second-order valence-corrected chi connectivity index (χ2v) is 6.10. The van der Waals surface area contributed by atoms with Gasteiger partial charge in [-0.2, -0.15) is 0 Å². The molecule has 1 amide bonds. The summed E-state index contributed by atoms with van der Waals surface area (Å²) < 4.78 is 14.3.